The fourth-order valence-electron chi connectivity index (χ4n) is 1.24. The predicted molar refractivity (Wildman–Crippen MR) is 83.9 cm³/mol. The maximum atomic E-state index is 11.2. The Balaban J connectivity index is -0.000000307. The third-order valence-corrected chi connectivity index (χ3v) is 1.84. The zero-order valence-corrected chi connectivity index (χ0v) is 11.7. The lowest BCUT2D eigenvalue weighted by Crippen LogP contribution is -2.10. The van der Waals surface area contributed by atoms with Gasteiger partial charge in [-0.25, -0.2) is 0 Å². The van der Waals surface area contributed by atoms with Gasteiger partial charge >= 0.3 is 0 Å². The van der Waals surface area contributed by atoms with Gasteiger partial charge < -0.3 is 33.2 Å². The van der Waals surface area contributed by atoms with Crippen molar-refractivity contribution in [1.29, 1.82) is 5.53 Å². The third kappa shape index (κ3) is 12.6. The molecule has 1 aliphatic carbocycles. The molecule has 0 heterocycles. The Labute approximate surface area is 133 Å². The van der Waals surface area contributed by atoms with E-state index in [-0.39, 0.29) is 11.6 Å². The van der Waals surface area contributed by atoms with Crippen LogP contribution in [0.25, 0.3) is 58.4 Å². The number of hydrogen-bond acceptors (Lipinski definition) is 3. The molecule has 1 aliphatic rings. The predicted octanol–water partition coefficient (Wildman–Crippen LogP) is 5.10. The molecule has 0 saturated carbocycles. The van der Waals surface area contributed by atoms with E-state index >= 15 is 0 Å². The highest BCUT2D eigenvalue weighted by Crippen LogP contribution is 2.15. The van der Waals surface area contributed by atoms with E-state index in [0.717, 1.165) is 0 Å². The Hall–Kier alpha value is -4.46. The van der Waals surface area contributed by atoms with Gasteiger partial charge in [-0.05, 0) is 22.6 Å². The summed E-state index contributed by atoms with van der Waals surface area (Å²) in [5, 5.41) is 0. The molecule has 0 unspecified atom stereocenters. The summed E-state index contributed by atoms with van der Waals surface area (Å²) in [7, 11) is 0. The summed E-state index contributed by atoms with van der Waals surface area (Å²) in [4.78, 5) is 28.6. The van der Waals surface area contributed by atoms with Crippen molar-refractivity contribution < 1.29 is 9.59 Å². The number of allylic oxidation sites excluding steroid dienone is 2. The zero-order chi connectivity index (χ0) is 19.4. The van der Waals surface area contributed by atoms with Crippen molar-refractivity contribution >= 4 is 11.6 Å². The number of ketones is 2. The van der Waals surface area contributed by atoms with E-state index < -0.39 is 0 Å². The van der Waals surface area contributed by atoms with Crippen LogP contribution in [0.5, 0.6) is 0 Å². The van der Waals surface area contributed by atoms with Crippen molar-refractivity contribution in [3.8, 4) is 0 Å². The summed E-state index contributed by atoms with van der Waals surface area (Å²) >= 11 is 0. The first-order chi connectivity index (χ1) is 11.4. The zero-order valence-electron chi connectivity index (χ0n) is 11.7. The number of rotatable bonds is 0. The van der Waals surface area contributed by atoms with Crippen LogP contribution in [0.4, 0.5) is 0 Å². The van der Waals surface area contributed by atoms with Gasteiger partial charge in [0.15, 0.2) is 11.6 Å². The molecule has 14 nitrogen and oxygen atoms in total. The molecular formula is C10H7N12O2-3. The molecule has 122 valence electrons. The average Bonchev–Trinajstić information content (AvgIpc) is 2.54. The molecule has 0 aliphatic heterocycles. The summed E-state index contributed by atoms with van der Waals surface area (Å²) in [5.41, 5.74) is 53.8. The Bertz CT molecular complexity index is 628. The molecule has 14 heteroatoms. The first-order valence-electron chi connectivity index (χ1n) is 5.27. The lowest BCUT2D eigenvalue weighted by Gasteiger charge is -2.06. The van der Waals surface area contributed by atoms with E-state index in [9.17, 15) is 9.59 Å². The molecule has 1 aromatic carbocycles. The van der Waals surface area contributed by atoms with Crippen molar-refractivity contribution in [2.45, 2.75) is 0 Å². The Morgan fingerprint density at radius 1 is 0.667 bits per heavy atom. The van der Waals surface area contributed by atoms with E-state index in [1.165, 1.54) is 26.9 Å². The van der Waals surface area contributed by atoms with Crippen LogP contribution in [-0.4, -0.2) is 11.6 Å². The van der Waals surface area contributed by atoms with Crippen LogP contribution in [-0.2, 0) is 0 Å². The first-order valence-corrected chi connectivity index (χ1v) is 5.27. The Kier molecular flexibility index (Phi) is 19.0. The van der Waals surface area contributed by atoms with Crippen molar-refractivity contribution in [2.24, 2.45) is 0 Å². The highest BCUT2D eigenvalue weighted by atomic mass is 16.1. The summed E-state index contributed by atoms with van der Waals surface area (Å²) in [5.74, 6) is -0.185. The Morgan fingerprint density at radius 2 is 0.875 bits per heavy atom. The molecule has 0 radical (unpaired) electrons. The molecule has 24 heavy (non-hydrogen) atoms. The lowest BCUT2D eigenvalue weighted by atomic mass is 9.95. The van der Waals surface area contributed by atoms with Crippen LogP contribution < -0.4 is 0 Å². The highest BCUT2D eigenvalue weighted by molar-refractivity contribution is 6.21. The van der Waals surface area contributed by atoms with E-state index in [0.29, 0.717) is 11.1 Å². The first kappa shape index (κ1) is 24.6. The fourth-order valence-corrected chi connectivity index (χ4v) is 1.24. The fraction of sp³-hybridized carbons (Fsp3) is 0. The topological polar surface area (TPSA) is 270 Å². The average molecular weight is 327 g/mol. The summed E-state index contributed by atoms with van der Waals surface area (Å²) < 4.78 is 0. The number of carbonyl (C=O) groups is 2. The van der Waals surface area contributed by atoms with Crippen molar-refractivity contribution in [3.05, 3.63) is 106 Å². The maximum absolute atomic E-state index is 11.2. The quantitative estimate of drug-likeness (QED) is 0.386. The lowest BCUT2D eigenvalue weighted by molar-refractivity contribution is 0.0994. The van der Waals surface area contributed by atoms with Crippen LogP contribution in [0.3, 0.4) is 0 Å². The molecule has 0 amide bonds. The van der Waals surface area contributed by atoms with Gasteiger partial charge in [-0.15, -0.1) is 5.53 Å². The molecule has 0 saturated heterocycles. The van der Waals surface area contributed by atoms with Crippen LogP contribution in [0.2, 0.25) is 0 Å². The minimum Gasteiger partial charge on any atom is -0.373 e. The van der Waals surface area contributed by atoms with Gasteiger partial charge in [0.25, 0.3) is 0 Å². The number of benzene rings is 1. The molecular weight excluding hydrogens is 320 g/mol. The normalized spacial score (nSPS) is 8.67. The second-order valence-electron chi connectivity index (χ2n) is 2.98. The van der Waals surface area contributed by atoms with E-state index in [1.54, 1.807) is 29.2 Å². The molecule has 2 rings (SSSR count). The van der Waals surface area contributed by atoms with Gasteiger partial charge in [0.2, 0.25) is 0 Å². The maximum Gasteiger partial charge on any atom is 0.186 e. The van der Waals surface area contributed by atoms with E-state index in [2.05, 4.69) is 0 Å². The number of carbonyl (C=O) groups excluding carboxylic acids is 2. The van der Waals surface area contributed by atoms with Gasteiger partial charge in [-0.1, -0.05) is 24.3 Å². The second kappa shape index (κ2) is 18.5. The molecule has 0 spiro atoms. The smallest absolute Gasteiger partial charge is 0.186 e. The highest BCUT2D eigenvalue weighted by Gasteiger charge is 2.16. The molecule has 0 atom stereocenters. The van der Waals surface area contributed by atoms with Gasteiger partial charge in [0, 0.05) is 11.1 Å². The molecule has 0 aromatic heterocycles. The van der Waals surface area contributed by atoms with Crippen molar-refractivity contribution in [2.75, 3.05) is 0 Å². The minimum atomic E-state index is -0.0924. The van der Waals surface area contributed by atoms with Gasteiger partial charge in [-0.3, -0.25) is 24.3 Å². The van der Waals surface area contributed by atoms with Crippen LogP contribution in [0, 0.1) is 5.53 Å². The van der Waals surface area contributed by atoms with Gasteiger partial charge in [0.1, 0.15) is 0 Å². The monoisotopic (exact) mass is 327 g/mol. The van der Waals surface area contributed by atoms with Gasteiger partial charge in [0.05, 0.1) is 0 Å². The number of nitrogens with one attached hydrogen (secondary N) is 1. The number of nitrogens with zero attached hydrogens (tertiary/aromatic N) is 11. The number of hydrogen-bond donors (Lipinski definition) is 1. The van der Waals surface area contributed by atoms with Crippen LogP contribution in [0.1, 0.15) is 20.7 Å². The van der Waals surface area contributed by atoms with E-state index in [4.69, 9.17) is 44.2 Å². The SMILES string of the molecule is O=C1C=CC(=O)c2ccccc21.[N-]=[N+]=N.[N-]=[N+]=[N-].[N-]=[N+]=[N-].[N-]=[N+]=[N-]. The van der Waals surface area contributed by atoms with Crippen LogP contribution in [0.15, 0.2) is 36.4 Å². The molecule has 0 bridgehead atoms. The summed E-state index contributed by atoms with van der Waals surface area (Å²) in [6.45, 7) is 0. The second-order valence-corrected chi connectivity index (χ2v) is 2.98. The van der Waals surface area contributed by atoms with Gasteiger partial charge in [-0.2, -0.15) is 0 Å². The van der Waals surface area contributed by atoms with Crippen molar-refractivity contribution in [3.63, 3.8) is 0 Å². The Morgan fingerprint density at radius 3 is 1.08 bits per heavy atom. The molecule has 0 fully saturated rings. The van der Waals surface area contributed by atoms with Crippen LogP contribution >= 0.6 is 0 Å². The summed E-state index contributed by atoms with van der Waals surface area (Å²) in [6.07, 6.45) is 2.62. The largest absolute Gasteiger partial charge is 0.373 e. The molecule has 1 aromatic rings. The minimum absolute atomic E-state index is 0.0924. The summed E-state index contributed by atoms with van der Waals surface area (Å²) in [6, 6.07) is 6.84. The van der Waals surface area contributed by atoms with E-state index in [1.807, 2.05) is 0 Å². The van der Waals surface area contributed by atoms with Crippen molar-refractivity contribution in [1.82, 2.24) is 0 Å². The number of fused-ring (bicyclic) bond motifs is 1. The third-order valence-electron chi connectivity index (χ3n) is 1.84. The molecule has 1 N–H and O–H groups in total. The standard InChI is InChI=1S/C10H6O2.HN3.3N3/c11-9-5-6-10(12)8-4-2-1-3-7(8)9;4*1-3-2/h1-6H;1H;;;/q;;3*-1.